The van der Waals surface area contributed by atoms with Gasteiger partial charge >= 0.3 is 0 Å². The van der Waals surface area contributed by atoms with Gasteiger partial charge in [-0.1, -0.05) is 0 Å². The van der Waals surface area contributed by atoms with E-state index >= 15 is 0 Å². The maximum absolute atomic E-state index is 5.88. The van der Waals surface area contributed by atoms with E-state index in [1.807, 2.05) is 19.1 Å². The molecule has 1 fully saturated rings. The monoisotopic (exact) mass is 224 g/mol. The molecule has 0 bridgehead atoms. The lowest BCUT2D eigenvalue weighted by molar-refractivity contribution is 0.0827. The van der Waals surface area contributed by atoms with Gasteiger partial charge < -0.3 is 14.9 Å². The summed E-state index contributed by atoms with van der Waals surface area (Å²) in [4.78, 5) is 2.25. The fraction of sp³-hybridized carbons (Fsp3) is 0.667. The van der Waals surface area contributed by atoms with Crippen LogP contribution < -0.4 is 5.73 Å². The summed E-state index contributed by atoms with van der Waals surface area (Å²) in [5.41, 5.74) is 5.86. The Hall–Kier alpha value is -0.840. The summed E-state index contributed by atoms with van der Waals surface area (Å²) >= 11 is 0. The lowest BCUT2D eigenvalue weighted by atomic mass is 9.97. The van der Waals surface area contributed by atoms with Crippen molar-refractivity contribution in [2.24, 2.45) is 5.73 Å². The van der Waals surface area contributed by atoms with E-state index in [0.717, 1.165) is 37.7 Å². The molecular weight excluding hydrogens is 204 g/mol. The highest BCUT2D eigenvalue weighted by molar-refractivity contribution is 5.06. The molecule has 90 valence electrons. The number of rotatable bonds is 4. The molecule has 1 aliphatic rings. The zero-order valence-electron chi connectivity index (χ0n) is 10.0. The van der Waals surface area contributed by atoms with Crippen LogP contribution in [0.3, 0.4) is 0 Å². The second-order valence-corrected chi connectivity index (χ2v) is 4.60. The van der Waals surface area contributed by atoms with E-state index < -0.39 is 0 Å². The van der Waals surface area contributed by atoms with Gasteiger partial charge in [0.25, 0.3) is 0 Å². The van der Waals surface area contributed by atoms with Gasteiger partial charge in [0.15, 0.2) is 0 Å². The molecule has 1 aromatic rings. The highest BCUT2D eigenvalue weighted by Gasteiger charge is 2.37. The fourth-order valence-corrected chi connectivity index (χ4v) is 2.19. The topological polar surface area (TPSA) is 51.6 Å². The third-order valence-corrected chi connectivity index (χ3v) is 3.46. The SMILES string of the molecule is Cc1ccc(CN(C)C2(CN)CCOC2)o1. The number of nitrogens with two attached hydrogens (primary N) is 1. The highest BCUT2D eigenvalue weighted by atomic mass is 16.5. The van der Waals surface area contributed by atoms with E-state index in [9.17, 15) is 0 Å². The number of nitrogens with zero attached hydrogens (tertiary/aromatic N) is 1. The maximum atomic E-state index is 5.88. The smallest absolute Gasteiger partial charge is 0.118 e. The molecule has 4 heteroatoms. The van der Waals surface area contributed by atoms with Gasteiger partial charge in [-0.05, 0) is 32.5 Å². The molecule has 2 heterocycles. The van der Waals surface area contributed by atoms with E-state index in [0.29, 0.717) is 6.54 Å². The van der Waals surface area contributed by atoms with Crippen molar-refractivity contribution in [3.8, 4) is 0 Å². The van der Waals surface area contributed by atoms with Crippen LogP contribution in [0.1, 0.15) is 17.9 Å². The van der Waals surface area contributed by atoms with E-state index in [1.54, 1.807) is 0 Å². The minimum Gasteiger partial charge on any atom is -0.465 e. The molecule has 2 rings (SSSR count). The lowest BCUT2D eigenvalue weighted by Crippen LogP contribution is -2.52. The molecule has 2 N–H and O–H groups in total. The summed E-state index contributed by atoms with van der Waals surface area (Å²) in [5, 5.41) is 0. The van der Waals surface area contributed by atoms with Gasteiger partial charge in [0.2, 0.25) is 0 Å². The molecule has 0 amide bonds. The van der Waals surface area contributed by atoms with Crippen molar-refractivity contribution in [3.05, 3.63) is 23.7 Å². The number of hydrogen-bond acceptors (Lipinski definition) is 4. The maximum Gasteiger partial charge on any atom is 0.118 e. The van der Waals surface area contributed by atoms with E-state index in [1.165, 1.54) is 0 Å². The first kappa shape index (κ1) is 11.6. The molecule has 0 aromatic carbocycles. The third-order valence-electron chi connectivity index (χ3n) is 3.46. The van der Waals surface area contributed by atoms with Crippen LogP contribution >= 0.6 is 0 Å². The Balaban J connectivity index is 2.03. The van der Waals surface area contributed by atoms with Crippen molar-refractivity contribution < 1.29 is 9.15 Å². The molecule has 0 spiro atoms. The standard InChI is InChI=1S/C12H20N2O2/c1-10-3-4-11(16-10)7-14(2)12(8-13)5-6-15-9-12/h3-4H,5-9,13H2,1-2H3. The van der Waals surface area contributed by atoms with Crippen LogP contribution in [0.25, 0.3) is 0 Å². The molecule has 1 aromatic heterocycles. The molecule has 1 atom stereocenters. The molecule has 1 unspecified atom stereocenters. The van der Waals surface area contributed by atoms with Crippen LogP contribution in [0, 0.1) is 6.92 Å². The van der Waals surface area contributed by atoms with Crippen LogP contribution in [-0.2, 0) is 11.3 Å². The number of ether oxygens (including phenoxy) is 1. The second kappa shape index (κ2) is 4.57. The number of furan rings is 1. The number of likely N-dealkylation sites (N-methyl/N-ethyl adjacent to an activating group) is 1. The first-order chi connectivity index (χ1) is 7.66. The van der Waals surface area contributed by atoms with Gasteiger partial charge in [0.05, 0.1) is 18.7 Å². The van der Waals surface area contributed by atoms with Crippen molar-refractivity contribution in [2.45, 2.75) is 25.4 Å². The molecule has 0 radical (unpaired) electrons. The van der Waals surface area contributed by atoms with Crippen molar-refractivity contribution in [1.82, 2.24) is 4.90 Å². The minimum atomic E-state index is -0.0132. The van der Waals surface area contributed by atoms with Gasteiger partial charge in [-0.3, -0.25) is 4.90 Å². The Kier molecular flexibility index (Phi) is 3.33. The number of hydrogen-bond donors (Lipinski definition) is 1. The van der Waals surface area contributed by atoms with Crippen LogP contribution in [0.4, 0.5) is 0 Å². The van der Waals surface area contributed by atoms with Gasteiger partial charge in [-0.25, -0.2) is 0 Å². The largest absolute Gasteiger partial charge is 0.465 e. The normalized spacial score (nSPS) is 25.5. The molecule has 1 aliphatic heterocycles. The summed E-state index contributed by atoms with van der Waals surface area (Å²) in [6.07, 6.45) is 1.000. The Morgan fingerprint density at radius 3 is 2.81 bits per heavy atom. The highest BCUT2D eigenvalue weighted by Crippen LogP contribution is 2.25. The van der Waals surface area contributed by atoms with Crippen LogP contribution in [0.2, 0.25) is 0 Å². The zero-order valence-corrected chi connectivity index (χ0v) is 10.0. The van der Waals surface area contributed by atoms with Crippen molar-refractivity contribution in [2.75, 3.05) is 26.8 Å². The average Bonchev–Trinajstić information content (AvgIpc) is 2.88. The molecule has 4 nitrogen and oxygen atoms in total. The van der Waals surface area contributed by atoms with Crippen LogP contribution in [-0.4, -0.2) is 37.2 Å². The summed E-state index contributed by atoms with van der Waals surface area (Å²) < 4.78 is 11.0. The Morgan fingerprint density at radius 2 is 2.31 bits per heavy atom. The summed E-state index contributed by atoms with van der Waals surface area (Å²) in [5.74, 6) is 1.94. The molecular formula is C12H20N2O2. The van der Waals surface area contributed by atoms with Crippen LogP contribution in [0.5, 0.6) is 0 Å². The Bertz CT molecular complexity index is 343. The first-order valence-corrected chi connectivity index (χ1v) is 5.71. The summed E-state index contributed by atoms with van der Waals surface area (Å²) in [7, 11) is 2.08. The van der Waals surface area contributed by atoms with E-state index in [4.69, 9.17) is 14.9 Å². The first-order valence-electron chi connectivity index (χ1n) is 5.71. The molecule has 0 saturated carbocycles. The average molecular weight is 224 g/mol. The zero-order chi connectivity index (χ0) is 11.6. The summed E-state index contributed by atoms with van der Waals surface area (Å²) in [6.45, 7) is 4.90. The van der Waals surface area contributed by atoms with Crippen LogP contribution in [0.15, 0.2) is 16.5 Å². The van der Waals surface area contributed by atoms with Gasteiger partial charge in [-0.2, -0.15) is 0 Å². The molecule has 16 heavy (non-hydrogen) atoms. The van der Waals surface area contributed by atoms with Gasteiger partial charge in [0, 0.05) is 13.2 Å². The fourth-order valence-electron chi connectivity index (χ4n) is 2.19. The quantitative estimate of drug-likeness (QED) is 0.833. The Morgan fingerprint density at radius 1 is 1.50 bits per heavy atom. The minimum absolute atomic E-state index is 0.0132. The lowest BCUT2D eigenvalue weighted by Gasteiger charge is -2.35. The third kappa shape index (κ3) is 2.14. The summed E-state index contributed by atoms with van der Waals surface area (Å²) in [6, 6.07) is 4.01. The van der Waals surface area contributed by atoms with Gasteiger partial charge in [-0.15, -0.1) is 0 Å². The predicted molar refractivity (Wildman–Crippen MR) is 62.1 cm³/mol. The van der Waals surface area contributed by atoms with E-state index in [-0.39, 0.29) is 5.54 Å². The van der Waals surface area contributed by atoms with Crippen molar-refractivity contribution in [3.63, 3.8) is 0 Å². The molecule has 1 saturated heterocycles. The second-order valence-electron chi connectivity index (χ2n) is 4.60. The predicted octanol–water partition coefficient (Wildman–Crippen LogP) is 1.14. The molecule has 0 aliphatic carbocycles. The van der Waals surface area contributed by atoms with E-state index in [2.05, 4.69) is 11.9 Å². The number of aryl methyl sites for hydroxylation is 1. The van der Waals surface area contributed by atoms with Gasteiger partial charge in [0.1, 0.15) is 11.5 Å². The van der Waals surface area contributed by atoms with Crippen molar-refractivity contribution in [1.29, 1.82) is 0 Å². The van der Waals surface area contributed by atoms with Crippen molar-refractivity contribution >= 4 is 0 Å². The Labute approximate surface area is 96.4 Å².